The van der Waals surface area contributed by atoms with E-state index in [2.05, 4.69) is 6.58 Å². The molecule has 3 rings (SSSR count). The molecular formula is C19H24O5. The molecule has 0 spiro atoms. The van der Waals surface area contributed by atoms with Crippen LogP contribution in [0.2, 0.25) is 0 Å². The molecule has 0 unspecified atom stereocenters. The summed E-state index contributed by atoms with van der Waals surface area (Å²) in [6.07, 6.45) is 5.20. The molecular weight excluding hydrogens is 308 g/mol. The highest BCUT2D eigenvalue weighted by atomic mass is 16.6. The molecule has 0 amide bonds. The molecule has 0 aliphatic carbocycles. The number of rotatable bonds is 2. The van der Waals surface area contributed by atoms with Crippen LogP contribution in [0.15, 0.2) is 36.0 Å². The van der Waals surface area contributed by atoms with Crippen LogP contribution in [0.5, 0.6) is 0 Å². The maximum absolute atomic E-state index is 12.2. The summed E-state index contributed by atoms with van der Waals surface area (Å²) in [5.74, 6) is -1.36. The molecule has 3 heterocycles. The van der Waals surface area contributed by atoms with Crippen molar-refractivity contribution < 1.29 is 23.8 Å². The topological polar surface area (TPSA) is 61.8 Å². The molecule has 5 atom stereocenters. The van der Waals surface area contributed by atoms with E-state index in [-0.39, 0.29) is 23.9 Å². The van der Waals surface area contributed by atoms with Crippen LogP contribution in [0, 0.1) is 11.8 Å². The Balaban J connectivity index is 2.00. The molecule has 1 fully saturated rings. The highest BCUT2D eigenvalue weighted by Crippen LogP contribution is 2.41. The highest BCUT2D eigenvalue weighted by Gasteiger charge is 2.49. The van der Waals surface area contributed by atoms with Crippen molar-refractivity contribution in [1.29, 1.82) is 0 Å². The molecule has 0 N–H and O–H groups in total. The third-order valence-electron chi connectivity index (χ3n) is 4.90. The molecule has 0 saturated carbocycles. The lowest BCUT2D eigenvalue weighted by Crippen LogP contribution is -2.39. The largest absolute Gasteiger partial charge is 0.461 e. The van der Waals surface area contributed by atoms with Crippen molar-refractivity contribution in [3.63, 3.8) is 0 Å². The average Bonchev–Trinajstić information content (AvgIpc) is 3.00. The molecule has 3 aliphatic heterocycles. The number of carbonyl (C=O) groups is 2. The minimum absolute atomic E-state index is 0.150. The number of hydrogen-bond acceptors (Lipinski definition) is 5. The summed E-state index contributed by atoms with van der Waals surface area (Å²) in [7, 11) is 0. The van der Waals surface area contributed by atoms with Gasteiger partial charge in [0, 0.05) is 12.0 Å². The molecule has 0 radical (unpaired) electrons. The molecule has 2 bridgehead atoms. The van der Waals surface area contributed by atoms with Crippen LogP contribution in [0.25, 0.3) is 0 Å². The van der Waals surface area contributed by atoms with Crippen LogP contribution >= 0.6 is 0 Å². The first-order valence-corrected chi connectivity index (χ1v) is 8.36. The van der Waals surface area contributed by atoms with Gasteiger partial charge in [-0.2, -0.15) is 0 Å². The summed E-state index contributed by atoms with van der Waals surface area (Å²) in [6.45, 7) is 11.4. The fraction of sp³-hybridized carbons (Fsp3) is 0.579. The van der Waals surface area contributed by atoms with Gasteiger partial charge in [0.05, 0.1) is 23.5 Å². The van der Waals surface area contributed by atoms with Gasteiger partial charge >= 0.3 is 11.9 Å². The molecule has 0 aromatic heterocycles. The molecule has 5 heteroatoms. The maximum atomic E-state index is 12.2. The van der Waals surface area contributed by atoms with Crippen LogP contribution in [-0.4, -0.2) is 35.9 Å². The first-order valence-electron chi connectivity index (χ1n) is 8.36. The van der Waals surface area contributed by atoms with Gasteiger partial charge in [-0.05, 0) is 25.5 Å². The van der Waals surface area contributed by atoms with Crippen molar-refractivity contribution in [2.24, 2.45) is 11.8 Å². The summed E-state index contributed by atoms with van der Waals surface area (Å²) >= 11 is 0. The lowest BCUT2D eigenvalue weighted by atomic mass is 9.83. The van der Waals surface area contributed by atoms with E-state index in [1.165, 1.54) is 0 Å². The van der Waals surface area contributed by atoms with Crippen molar-refractivity contribution in [3.8, 4) is 0 Å². The minimum atomic E-state index is -0.553. The second-order valence-corrected chi connectivity index (χ2v) is 7.38. The second kappa shape index (κ2) is 5.88. The summed E-state index contributed by atoms with van der Waals surface area (Å²) in [4.78, 5) is 24.2. The van der Waals surface area contributed by atoms with E-state index in [9.17, 15) is 9.59 Å². The van der Waals surface area contributed by atoms with Crippen molar-refractivity contribution in [2.45, 2.75) is 58.0 Å². The third-order valence-corrected chi connectivity index (χ3v) is 4.90. The maximum Gasteiger partial charge on any atom is 0.334 e. The van der Waals surface area contributed by atoms with Crippen LogP contribution < -0.4 is 0 Å². The van der Waals surface area contributed by atoms with E-state index in [1.54, 1.807) is 13.8 Å². The molecule has 3 aliphatic rings. The zero-order chi connectivity index (χ0) is 17.6. The Morgan fingerprint density at radius 1 is 1.46 bits per heavy atom. The van der Waals surface area contributed by atoms with E-state index in [0.29, 0.717) is 12.0 Å². The molecule has 5 nitrogen and oxygen atoms in total. The monoisotopic (exact) mass is 332 g/mol. The first kappa shape index (κ1) is 17.0. The Labute approximate surface area is 142 Å². The Hall–Kier alpha value is -1.88. The normalized spacial score (nSPS) is 40.3. The number of fused-ring (bicyclic) bond motifs is 3. The van der Waals surface area contributed by atoms with Crippen LogP contribution in [0.3, 0.4) is 0 Å². The van der Waals surface area contributed by atoms with E-state index >= 15 is 0 Å². The zero-order valence-corrected chi connectivity index (χ0v) is 14.6. The SMILES string of the molecule is C=C1C(=O)O[C@@H]2/C=C(/C)[C@@H]3C=C[C@@](C)(C[C@@H](OC(=O)C(C)C)[C@@H]12)O3. The fourth-order valence-electron chi connectivity index (χ4n) is 3.48. The summed E-state index contributed by atoms with van der Waals surface area (Å²) in [5.41, 5.74) is 0.780. The number of carbonyl (C=O) groups excluding carboxylic acids is 2. The van der Waals surface area contributed by atoms with Crippen LogP contribution in [-0.2, 0) is 23.8 Å². The van der Waals surface area contributed by atoms with Gasteiger partial charge in [0.1, 0.15) is 12.2 Å². The summed E-state index contributed by atoms with van der Waals surface area (Å²) < 4.78 is 17.4. The van der Waals surface area contributed by atoms with E-state index in [0.717, 1.165) is 5.57 Å². The molecule has 0 aromatic rings. The van der Waals surface area contributed by atoms with Crippen LogP contribution in [0.4, 0.5) is 0 Å². The second-order valence-electron chi connectivity index (χ2n) is 7.38. The first-order chi connectivity index (χ1) is 11.2. The van der Waals surface area contributed by atoms with Crippen molar-refractivity contribution in [1.82, 2.24) is 0 Å². The molecule has 24 heavy (non-hydrogen) atoms. The van der Waals surface area contributed by atoms with Gasteiger partial charge in [0.15, 0.2) is 0 Å². The molecule has 0 aromatic carbocycles. The lowest BCUT2D eigenvalue weighted by Gasteiger charge is -2.32. The number of esters is 2. The number of hydrogen-bond donors (Lipinski definition) is 0. The van der Waals surface area contributed by atoms with Crippen molar-refractivity contribution >= 4 is 11.9 Å². The Morgan fingerprint density at radius 3 is 2.83 bits per heavy atom. The summed E-state index contributed by atoms with van der Waals surface area (Å²) in [5, 5.41) is 0. The van der Waals surface area contributed by atoms with Gasteiger partial charge in [-0.15, -0.1) is 0 Å². The van der Waals surface area contributed by atoms with Crippen molar-refractivity contribution in [3.05, 3.63) is 36.0 Å². The Bertz CT molecular complexity index is 644. The van der Waals surface area contributed by atoms with Gasteiger partial charge < -0.3 is 14.2 Å². The molecule has 1 saturated heterocycles. The zero-order valence-electron chi connectivity index (χ0n) is 14.6. The highest BCUT2D eigenvalue weighted by molar-refractivity contribution is 5.91. The fourth-order valence-corrected chi connectivity index (χ4v) is 3.48. The lowest BCUT2D eigenvalue weighted by molar-refractivity contribution is -0.159. The van der Waals surface area contributed by atoms with Crippen molar-refractivity contribution in [2.75, 3.05) is 0 Å². The van der Waals surface area contributed by atoms with E-state index < -0.39 is 23.8 Å². The Kier molecular flexibility index (Phi) is 4.16. The standard InChI is InChI=1S/C19H24O5/c1-10(2)17(20)23-15-9-19(5)7-6-13(24-19)11(3)8-14-16(15)12(4)18(21)22-14/h6-8,10,13-16H,4,9H2,1-3,5H3/b11-8-/t13-,14+,15+,16-,19-/m0/s1. The van der Waals surface area contributed by atoms with Gasteiger partial charge in [-0.1, -0.05) is 32.6 Å². The van der Waals surface area contributed by atoms with Gasteiger partial charge in [0.25, 0.3) is 0 Å². The third kappa shape index (κ3) is 2.93. The number of ether oxygens (including phenoxy) is 3. The molecule has 130 valence electrons. The van der Waals surface area contributed by atoms with Gasteiger partial charge in [-0.25, -0.2) is 4.79 Å². The predicted molar refractivity (Wildman–Crippen MR) is 88.0 cm³/mol. The minimum Gasteiger partial charge on any atom is -0.461 e. The van der Waals surface area contributed by atoms with Gasteiger partial charge in [0.2, 0.25) is 0 Å². The van der Waals surface area contributed by atoms with E-state index in [4.69, 9.17) is 14.2 Å². The quantitative estimate of drug-likeness (QED) is 0.442. The van der Waals surface area contributed by atoms with E-state index in [1.807, 2.05) is 32.1 Å². The average molecular weight is 332 g/mol. The van der Waals surface area contributed by atoms with Gasteiger partial charge in [-0.3, -0.25) is 4.79 Å². The predicted octanol–water partition coefficient (Wildman–Crippen LogP) is 2.72. The Morgan fingerprint density at radius 2 is 2.17 bits per heavy atom. The smallest absolute Gasteiger partial charge is 0.334 e. The summed E-state index contributed by atoms with van der Waals surface area (Å²) in [6, 6.07) is 0. The van der Waals surface area contributed by atoms with Crippen LogP contribution in [0.1, 0.15) is 34.1 Å².